The van der Waals surface area contributed by atoms with Gasteiger partial charge < -0.3 is 15.4 Å². The van der Waals surface area contributed by atoms with E-state index in [-0.39, 0.29) is 18.5 Å². The number of ether oxygens (including phenoxy) is 1. The first-order chi connectivity index (χ1) is 8.86. The lowest BCUT2D eigenvalue weighted by atomic mass is 10.1. The number of aromatic nitrogens is 2. The van der Waals surface area contributed by atoms with Crippen LogP contribution in [-0.4, -0.2) is 46.3 Å². The predicted molar refractivity (Wildman–Crippen MR) is 69.0 cm³/mol. The predicted octanol–water partition coefficient (Wildman–Crippen LogP) is -0.170. The fourth-order valence-electron chi connectivity index (χ4n) is 1.64. The van der Waals surface area contributed by atoms with Crippen LogP contribution < -0.4 is 5.73 Å². The van der Waals surface area contributed by atoms with Crippen LogP contribution in [0.4, 0.5) is 0 Å². The molecule has 1 aromatic heterocycles. The van der Waals surface area contributed by atoms with Crippen molar-refractivity contribution in [2.24, 2.45) is 12.8 Å². The molecular formula is C12H20N4O3. The number of amides is 1. The number of nitrogens with two attached hydrogens (primary N) is 1. The second-order valence-corrected chi connectivity index (χ2v) is 4.56. The number of rotatable bonds is 5. The van der Waals surface area contributed by atoms with Crippen LogP contribution in [0, 0.1) is 0 Å². The van der Waals surface area contributed by atoms with E-state index in [4.69, 9.17) is 5.73 Å². The van der Waals surface area contributed by atoms with Crippen molar-refractivity contribution in [3.63, 3.8) is 0 Å². The first kappa shape index (κ1) is 15.2. The molecule has 7 heteroatoms. The van der Waals surface area contributed by atoms with Crippen molar-refractivity contribution >= 4 is 11.9 Å². The molecule has 0 bridgehead atoms. The highest BCUT2D eigenvalue weighted by molar-refractivity contribution is 5.86. The number of carbonyl (C=O) groups is 2. The molecule has 1 atom stereocenters. The van der Waals surface area contributed by atoms with Crippen LogP contribution in [0.5, 0.6) is 0 Å². The zero-order valence-corrected chi connectivity index (χ0v) is 11.7. The van der Waals surface area contributed by atoms with Gasteiger partial charge in [-0.2, -0.15) is 5.10 Å². The Balaban J connectivity index is 2.84. The average Bonchev–Trinajstić information content (AvgIpc) is 2.80. The van der Waals surface area contributed by atoms with Crippen LogP contribution in [0.2, 0.25) is 0 Å². The maximum atomic E-state index is 12.3. The van der Waals surface area contributed by atoms with E-state index in [1.165, 1.54) is 12.0 Å². The summed E-state index contributed by atoms with van der Waals surface area (Å²) < 4.78 is 6.15. The quantitative estimate of drug-likeness (QED) is 0.749. The van der Waals surface area contributed by atoms with E-state index in [0.29, 0.717) is 5.56 Å². The van der Waals surface area contributed by atoms with Crippen LogP contribution in [0.15, 0.2) is 12.4 Å². The van der Waals surface area contributed by atoms with Crippen molar-refractivity contribution in [2.45, 2.75) is 25.9 Å². The summed E-state index contributed by atoms with van der Waals surface area (Å²) in [4.78, 5) is 25.0. The lowest BCUT2D eigenvalue weighted by molar-refractivity contribution is -0.148. The van der Waals surface area contributed by atoms with Gasteiger partial charge in [0.05, 0.1) is 13.3 Å². The number of esters is 1. The van der Waals surface area contributed by atoms with Gasteiger partial charge in [-0.3, -0.25) is 14.3 Å². The highest BCUT2D eigenvalue weighted by atomic mass is 16.5. The number of hydrogen-bond donors (Lipinski definition) is 1. The van der Waals surface area contributed by atoms with Gasteiger partial charge in [0.2, 0.25) is 5.91 Å². The monoisotopic (exact) mass is 268 g/mol. The number of hydrogen-bond acceptors (Lipinski definition) is 5. The molecule has 1 amide bonds. The first-order valence-electron chi connectivity index (χ1n) is 5.98. The van der Waals surface area contributed by atoms with Gasteiger partial charge in [-0.05, 0) is 13.8 Å². The second-order valence-electron chi connectivity index (χ2n) is 4.56. The molecule has 0 aromatic carbocycles. The highest BCUT2D eigenvalue weighted by Gasteiger charge is 2.27. The maximum absolute atomic E-state index is 12.3. The zero-order chi connectivity index (χ0) is 14.6. The van der Waals surface area contributed by atoms with E-state index in [1.807, 2.05) is 13.8 Å². The minimum absolute atomic E-state index is 0.110. The van der Waals surface area contributed by atoms with E-state index in [0.717, 1.165) is 0 Å². The molecule has 0 radical (unpaired) electrons. The highest BCUT2D eigenvalue weighted by Crippen LogP contribution is 2.14. The van der Waals surface area contributed by atoms with Gasteiger partial charge in [0.25, 0.3) is 0 Å². The average molecular weight is 268 g/mol. The van der Waals surface area contributed by atoms with E-state index < -0.39 is 12.0 Å². The van der Waals surface area contributed by atoms with Crippen LogP contribution in [-0.2, 0) is 21.4 Å². The lowest BCUT2D eigenvalue weighted by Gasteiger charge is -2.27. The molecule has 0 saturated carbocycles. The van der Waals surface area contributed by atoms with Crippen molar-refractivity contribution in [3.8, 4) is 0 Å². The number of methoxy groups -OCH3 is 1. The smallest absolute Gasteiger partial charge is 0.325 e. The molecule has 0 fully saturated rings. The summed E-state index contributed by atoms with van der Waals surface area (Å²) in [5.41, 5.74) is 6.52. The second kappa shape index (κ2) is 6.33. The molecule has 1 unspecified atom stereocenters. The molecule has 0 aliphatic carbocycles. The summed E-state index contributed by atoms with van der Waals surface area (Å²) in [6.45, 7) is 3.52. The van der Waals surface area contributed by atoms with Crippen LogP contribution in [0.1, 0.15) is 25.5 Å². The molecule has 0 saturated heterocycles. The zero-order valence-electron chi connectivity index (χ0n) is 11.7. The summed E-state index contributed by atoms with van der Waals surface area (Å²) >= 11 is 0. The Bertz CT molecular complexity index is 456. The fraction of sp³-hybridized carbons (Fsp3) is 0.583. The van der Waals surface area contributed by atoms with Gasteiger partial charge in [0.15, 0.2) is 0 Å². The van der Waals surface area contributed by atoms with Crippen molar-refractivity contribution in [1.29, 1.82) is 0 Å². The van der Waals surface area contributed by atoms with Gasteiger partial charge in [-0.25, -0.2) is 0 Å². The Morgan fingerprint density at radius 3 is 2.58 bits per heavy atom. The van der Waals surface area contributed by atoms with Crippen molar-refractivity contribution in [1.82, 2.24) is 14.7 Å². The van der Waals surface area contributed by atoms with Crippen LogP contribution >= 0.6 is 0 Å². The van der Waals surface area contributed by atoms with E-state index in [1.54, 1.807) is 24.1 Å². The molecule has 19 heavy (non-hydrogen) atoms. The third-order valence-electron chi connectivity index (χ3n) is 2.78. The number of carbonyl (C=O) groups excluding carboxylic acids is 2. The molecule has 106 valence electrons. The largest absolute Gasteiger partial charge is 0.468 e. The topological polar surface area (TPSA) is 90.4 Å². The summed E-state index contributed by atoms with van der Waals surface area (Å²) in [6.07, 6.45) is 3.22. The maximum Gasteiger partial charge on any atom is 0.325 e. The number of nitrogens with zero attached hydrogens (tertiary/aromatic N) is 3. The Kier molecular flexibility index (Phi) is 5.05. The van der Waals surface area contributed by atoms with E-state index >= 15 is 0 Å². The Hall–Kier alpha value is -1.89. The Labute approximate surface area is 112 Å². The van der Waals surface area contributed by atoms with Gasteiger partial charge in [-0.15, -0.1) is 0 Å². The molecule has 0 aliphatic rings. The lowest BCUT2D eigenvalue weighted by Crippen LogP contribution is -2.45. The molecule has 1 rings (SSSR count). The third-order valence-corrected chi connectivity index (χ3v) is 2.78. The summed E-state index contributed by atoms with van der Waals surface area (Å²) in [7, 11) is 3.03. The van der Waals surface area contributed by atoms with Crippen molar-refractivity contribution in [3.05, 3.63) is 18.0 Å². The van der Waals surface area contributed by atoms with Gasteiger partial charge in [0.1, 0.15) is 12.6 Å². The van der Waals surface area contributed by atoms with Crippen molar-refractivity contribution in [2.75, 3.05) is 13.7 Å². The van der Waals surface area contributed by atoms with Crippen LogP contribution in [0.25, 0.3) is 0 Å². The summed E-state index contributed by atoms with van der Waals surface area (Å²) in [5, 5.41) is 3.98. The minimum atomic E-state index is -0.833. The molecular weight excluding hydrogens is 248 g/mol. The SMILES string of the molecule is COC(=O)CN(C(=O)C(N)c1cnn(C)c1)C(C)C. The molecule has 1 aromatic rings. The Morgan fingerprint density at radius 2 is 2.16 bits per heavy atom. The first-order valence-corrected chi connectivity index (χ1v) is 5.98. The normalized spacial score (nSPS) is 12.3. The minimum Gasteiger partial charge on any atom is -0.468 e. The molecule has 2 N–H and O–H groups in total. The van der Waals surface area contributed by atoms with Gasteiger partial charge in [0, 0.05) is 24.8 Å². The van der Waals surface area contributed by atoms with Crippen LogP contribution in [0.3, 0.4) is 0 Å². The molecule has 1 heterocycles. The molecule has 7 nitrogen and oxygen atoms in total. The van der Waals surface area contributed by atoms with Gasteiger partial charge >= 0.3 is 5.97 Å². The number of aryl methyl sites for hydroxylation is 1. The van der Waals surface area contributed by atoms with Crippen molar-refractivity contribution < 1.29 is 14.3 Å². The standard InChI is InChI=1S/C12H20N4O3/c1-8(2)16(7-10(17)19-4)12(18)11(13)9-5-14-15(3)6-9/h5-6,8,11H,7,13H2,1-4H3. The Morgan fingerprint density at radius 1 is 1.53 bits per heavy atom. The third kappa shape index (κ3) is 3.78. The summed E-state index contributed by atoms with van der Waals surface area (Å²) in [5.74, 6) is -0.797. The fourth-order valence-corrected chi connectivity index (χ4v) is 1.64. The van der Waals surface area contributed by atoms with E-state index in [9.17, 15) is 9.59 Å². The summed E-state index contributed by atoms with van der Waals surface area (Å²) in [6, 6.07) is -0.977. The van der Waals surface area contributed by atoms with Gasteiger partial charge in [-0.1, -0.05) is 0 Å². The van der Waals surface area contributed by atoms with E-state index in [2.05, 4.69) is 9.84 Å². The molecule has 0 aliphatic heterocycles. The molecule has 0 spiro atoms.